The van der Waals surface area contributed by atoms with Crippen LogP contribution in [0.2, 0.25) is 5.02 Å². The van der Waals surface area contributed by atoms with Crippen LogP contribution in [0.5, 0.6) is 11.5 Å². The second-order valence-electron chi connectivity index (χ2n) is 8.19. The largest absolute Gasteiger partial charge is 0.493 e. The minimum atomic E-state index is -0.419. The van der Waals surface area contributed by atoms with E-state index in [9.17, 15) is 4.79 Å². The van der Waals surface area contributed by atoms with Crippen LogP contribution in [0.3, 0.4) is 0 Å². The normalized spacial score (nSPS) is 15.3. The molecule has 1 N–H and O–H groups in total. The molecule has 1 atom stereocenters. The second-order valence-corrected chi connectivity index (χ2v) is 8.62. The number of benzene rings is 3. The first-order valence-corrected chi connectivity index (χ1v) is 11.1. The van der Waals surface area contributed by atoms with Crippen LogP contribution in [-0.2, 0) is 0 Å². The summed E-state index contributed by atoms with van der Waals surface area (Å²) in [7, 11) is 1.63. The van der Waals surface area contributed by atoms with Gasteiger partial charge in [0.1, 0.15) is 6.17 Å². The number of anilines is 2. The number of para-hydroxylation sites is 1. The van der Waals surface area contributed by atoms with Crippen molar-refractivity contribution in [1.29, 1.82) is 0 Å². The van der Waals surface area contributed by atoms with E-state index in [0.717, 1.165) is 23.4 Å². The van der Waals surface area contributed by atoms with E-state index in [0.29, 0.717) is 34.6 Å². The molecule has 0 spiro atoms. The van der Waals surface area contributed by atoms with E-state index in [4.69, 9.17) is 21.1 Å². The van der Waals surface area contributed by atoms with E-state index in [1.807, 2.05) is 54.6 Å². The first-order chi connectivity index (χ1) is 15.5. The van der Waals surface area contributed by atoms with Gasteiger partial charge in [0.15, 0.2) is 11.5 Å². The summed E-state index contributed by atoms with van der Waals surface area (Å²) in [6.07, 6.45) is 0.544. The van der Waals surface area contributed by atoms with Crippen molar-refractivity contribution in [2.24, 2.45) is 5.92 Å². The maximum atomic E-state index is 13.5. The maximum Gasteiger partial charge on any atom is 0.262 e. The SMILES string of the molecule is COc1cc(C2Nc3ccccc3C(=O)N2c2ccc(Cl)cc2)ccc1OCCC(C)C. The number of carbonyl (C=O) groups is 1. The lowest BCUT2D eigenvalue weighted by atomic mass is 10.0. The molecule has 0 aromatic heterocycles. The highest BCUT2D eigenvalue weighted by Gasteiger charge is 2.34. The molecule has 0 aliphatic carbocycles. The quantitative estimate of drug-likeness (QED) is 0.443. The number of nitrogens with zero attached hydrogens (tertiary/aromatic N) is 1. The van der Waals surface area contributed by atoms with Crippen molar-refractivity contribution in [1.82, 2.24) is 0 Å². The Morgan fingerprint density at radius 3 is 2.50 bits per heavy atom. The molecule has 1 aliphatic heterocycles. The van der Waals surface area contributed by atoms with Gasteiger partial charge >= 0.3 is 0 Å². The zero-order valence-electron chi connectivity index (χ0n) is 18.5. The van der Waals surface area contributed by atoms with Crippen molar-refractivity contribution < 1.29 is 14.3 Å². The van der Waals surface area contributed by atoms with Gasteiger partial charge in [0, 0.05) is 16.4 Å². The monoisotopic (exact) mass is 450 g/mol. The highest BCUT2D eigenvalue weighted by atomic mass is 35.5. The highest BCUT2D eigenvalue weighted by molar-refractivity contribution is 6.30. The number of nitrogens with one attached hydrogen (secondary N) is 1. The Morgan fingerprint density at radius 2 is 1.78 bits per heavy atom. The lowest BCUT2D eigenvalue weighted by molar-refractivity contribution is 0.0975. The molecular weight excluding hydrogens is 424 g/mol. The summed E-state index contributed by atoms with van der Waals surface area (Å²) < 4.78 is 11.6. The van der Waals surface area contributed by atoms with Crippen LogP contribution in [0.1, 0.15) is 42.4 Å². The summed E-state index contributed by atoms with van der Waals surface area (Å²) in [6.45, 7) is 4.95. The summed E-state index contributed by atoms with van der Waals surface area (Å²) in [5.74, 6) is 1.81. The average molecular weight is 451 g/mol. The number of methoxy groups -OCH3 is 1. The fourth-order valence-corrected chi connectivity index (χ4v) is 3.86. The Kier molecular flexibility index (Phi) is 6.56. The fourth-order valence-electron chi connectivity index (χ4n) is 3.73. The Balaban J connectivity index is 1.72. The van der Waals surface area contributed by atoms with Crippen LogP contribution >= 0.6 is 11.6 Å². The van der Waals surface area contributed by atoms with E-state index in [1.54, 1.807) is 24.1 Å². The Morgan fingerprint density at radius 1 is 1.03 bits per heavy atom. The van der Waals surface area contributed by atoms with Crippen LogP contribution in [0.15, 0.2) is 66.7 Å². The summed E-state index contributed by atoms with van der Waals surface area (Å²) in [6, 6.07) is 20.6. The number of hydrogen-bond acceptors (Lipinski definition) is 4. The molecule has 0 bridgehead atoms. The van der Waals surface area contributed by atoms with E-state index < -0.39 is 6.17 Å². The fraction of sp³-hybridized carbons (Fsp3) is 0.269. The lowest BCUT2D eigenvalue weighted by Gasteiger charge is -2.38. The molecule has 0 saturated carbocycles. The Bertz CT molecular complexity index is 1100. The molecule has 1 unspecified atom stereocenters. The molecule has 166 valence electrons. The van der Waals surface area contributed by atoms with Gasteiger partial charge in [-0.25, -0.2) is 0 Å². The van der Waals surface area contributed by atoms with Gasteiger partial charge in [0.25, 0.3) is 5.91 Å². The predicted octanol–water partition coefficient (Wildman–Crippen LogP) is 6.54. The third-order valence-electron chi connectivity index (χ3n) is 5.49. The van der Waals surface area contributed by atoms with Crippen LogP contribution in [0, 0.1) is 5.92 Å². The predicted molar refractivity (Wildman–Crippen MR) is 129 cm³/mol. The van der Waals surface area contributed by atoms with Gasteiger partial charge in [0.2, 0.25) is 0 Å². The van der Waals surface area contributed by atoms with Crippen molar-refractivity contribution >= 4 is 28.9 Å². The summed E-state index contributed by atoms with van der Waals surface area (Å²) in [5.41, 5.74) is 3.06. The van der Waals surface area contributed by atoms with Crippen LogP contribution < -0.4 is 19.7 Å². The minimum Gasteiger partial charge on any atom is -0.493 e. The number of carbonyl (C=O) groups excluding carboxylic acids is 1. The molecule has 0 saturated heterocycles. The van der Waals surface area contributed by atoms with Gasteiger partial charge in [0.05, 0.1) is 19.3 Å². The lowest BCUT2D eigenvalue weighted by Crippen LogP contribution is -2.43. The second kappa shape index (κ2) is 9.53. The smallest absolute Gasteiger partial charge is 0.262 e. The van der Waals surface area contributed by atoms with Crippen molar-refractivity contribution in [3.05, 3.63) is 82.9 Å². The minimum absolute atomic E-state index is 0.0806. The Hall–Kier alpha value is -3.18. The number of rotatable bonds is 7. The van der Waals surface area contributed by atoms with E-state index >= 15 is 0 Å². The molecule has 3 aromatic carbocycles. The molecule has 32 heavy (non-hydrogen) atoms. The molecule has 1 aliphatic rings. The first-order valence-electron chi connectivity index (χ1n) is 10.7. The van der Waals surface area contributed by atoms with Crippen molar-refractivity contribution in [3.8, 4) is 11.5 Å². The molecule has 0 radical (unpaired) electrons. The topological polar surface area (TPSA) is 50.8 Å². The number of amides is 1. The van der Waals surface area contributed by atoms with Crippen LogP contribution in [0.4, 0.5) is 11.4 Å². The molecule has 3 aromatic rings. The van der Waals surface area contributed by atoms with Crippen LogP contribution in [0.25, 0.3) is 0 Å². The number of hydrogen-bond donors (Lipinski definition) is 1. The maximum absolute atomic E-state index is 13.5. The number of ether oxygens (including phenoxy) is 2. The summed E-state index contributed by atoms with van der Waals surface area (Å²) in [5, 5.41) is 4.13. The summed E-state index contributed by atoms with van der Waals surface area (Å²) in [4.78, 5) is 15.3. The molecule has 1 heterocycles. The average Bonchev–Trinajstić information content (AvgIpc) is 2.80. The molecule has 4 rings (SSSR count). The highest BCUT2D eigenvalue weighted by Crippen LogP contribution is 2.39. The van der Waals surface area contributed by atoms with Gasteiger partial charge in [-0.05, 0) is 66.4 Å². The van der Waals surface area contributed by atoms with E-state index in [-0.39, 0.29) is 5.91 Å². The van der Waals surface area contributed by atoms with Gasteiger partial charge in [-0.15, -0.1) is 0 Å². The number of halogens is 1. The van der Waals surface area contributed by atoms with Crippen LogP contribution in [-0.4, -0.2) is 19.6 Å². The standard InChI is InChI=1S/C26H27ClN2O3/c1-17(2)14-15-32-23-13-8-18(16-24(23)31-3)25-28-22-7-5-4-6-21(22)26(30)29(25)20-11-9-19(27)10-12-20/h4-13,16-17,25,28H,14-15H2,1-3H3. The van der Waals surface area contributed by atoms with Gasteiger partial charge in [-0.3, -0.25) is 9.69 Å². The molecule has 1 amide bonds. The van der Waals surface area contributed by atoms with Crippen molar-refractivity contribution in [2.45, 2.75) is 26.4 Å². The third kappa shape index (κ3) is 4.53. The molecule has 5 nitrogen and oxygen atoms in total. The molecule has 0 fully saturated rings. The third-order valence-corrected chi connectivity index (χ3v) is 5.74. The van der Waals surface area contributed by atoms with Crippen molar-refractivity contribution in [2.75, 3.05) is 23.9 Å². The number of fused-ring (bicyclic) bond motifs is 1. The van der Waals surface area contributed by atoms with Gasteiger partial charge < -0.3 is 14.8 Å². The molecular formula is C26H27ClN2O3. The Labute approximate surface area is 193 Å². The first kappa shape index (κ1) is 22.0. The zero-order chi connectivity index (χ0) is 22.7. The zero-order valence-corrected chi connectivity index (χ0v) is 19.2. The molecule has 6 heteroatoms. The van der Waals surface area contributed by atoms with Gasteiger partial charge in [-0.1, -0.05) is 43.6 Å². The van der Waals surface area contributed by atoms with E-state index in [2.05, 4.69) is 19.2 Å². The summed E-state index contributed by atoms with van der Waals surface area (Å²) >= 11 is 6.09. The van der Waals surface area contributed by atoms with E-state index in [1.165, 1.54) is 0 Å². The van der Waals surface area contributed by atoms with Crippen molar-refractivity contribution in [3.63, 3.8) is 0 Å². The van der Waals surface area contributed by atoms with Gasteiger partial charge in [-0.2, -0.15) is 0 Å².